The van der Waals surface area contributed by atoms with Crippen LogP contribution in [0.4, 0.5) is 5.69 Å². The fraction of sp³-hybridized carbons (Fsp3) is 0.250. The molecular weight excluding hydrogens is 318 g/mol. The minimum Gasteiger partial charge on any atom is -0.486 e. The summed E-state index contributed by atoms with van der Waals surface area (Å²) in [5, 5.41) is 3.41. The summed E-state index contributed by atoms with van der Waals surface area (Å²) in [5.41, 5.74) is 3.42. The van der Waals surface area contributed by atoms with E-state index in [1.807, 2.05) is 12.1 Å². The maximum atomic E-state index is 5.71. The van der Waals surface area contributed by atoms with Gasteiger partial charge in [0.2, 0.25) is 0 Å². The summed E-state index contributed by atoms with van der Waals surface area (Å²) in [5.74, 6) is 1.69. The van der Waals surface area contributed by atoms with Crippen LogP contribution in [0.2, 0.25) is 0 Å². The predicted molar refractivity (Wildman–Crippen MR) is 83.6 cm³/mol. The lowest BCUT2D eigenvalue weighted by Gasteiger charge is -2.21. The highest BCUT2D eigenvalue weighted by Gasteiger charge is 2.15. The van der Waals surface area contributed by atoms with Gasteiger partial charge in [0, 0.05) is 22.3 Å². The Hall–Kier alpha value is -1.68. The van der Waals surface area contributed by atoms with Gasteiger partial charge in [-0.25, -0.2) is 0 Å². The Morgan fingerprint density at radius 1 is 1.15 bits per heavy atom. The highest BCUT2D eigenvalue weighted by molar-refractivity contribution is 9.10. The Bertz CT molecular complexity index is 628. The van der Waals surface area contributed by atoms with Crippen LogP contribution in [0.1, 0.15) is 11.1 Å². The van der Waals surface area contributed by atoms with Gasteiger partial charge >= 0.3 is 0 Å². The lowest BCUT2D eigenvalue weighted by atomic mass is 10.1. The number of hydrogen-bond donors (Lipinski definition) is 1. The van der Waals surface area contributed by atoms with E-state index in [1.54, 1.807) is 0 Å². The second-order valence-electron chi connectivity index (χ2n) is 4.76. The second-order valence-corrected chi connectivity index (χ2v) is 5.61. The monoisotopic (exact) mass is 333 g/mol. The SMILES string of the molecule is Cc1ccc(NCc2cccc3c2OCCO3)cc1Br. The number of aryl methyl sites for hydroxylation is 1. The average Bonchev–Trinajstić information content (AvgIpc) is 2.48. The van der Waals surface area contributed by atoms with Crippen molar-refractivity contribution in [3.8, 4) is 11.5 Å². The molecule has 1 N–H and O–H groups in total. The van der Waals surface area contributed by atoms with E-state index in [0.717, 1.165) is 27.2 Å². The first-order chi connectivity index (χ1) is 9.74. The molecule has 0 fully saturated rings. The largest absolute Gasteiger partial charge is 0.486 e. The van der Waals surface area contributed by atoms with Gasteiger partial charge in [-0.15, -0.1) is 0 Å². The molecule has 0 bridgehead atoms. The molecule has 1 aliphatic rings. The summed E-state index contributed by atoms with van der Waals surface area (Å²) in [7, 11) is 0. The van der Waals surface area contributed by atoms with Crippen LogP contribution < -0.4 is 14.8 Å². The van der Waals surface area contributed by atoms with Gasteiger partial charge in [-0.2, -0.15) is 0 Å². The fourth-order valence-electron chi connectivity index (χ4n) is 2.17. The topological polar surface area (TPSA) is 30.5 Å². The van der Waals surface area contributed by atoms with Crippen LogP contribution >= 0.6 is 15.9 Å². The molecule has 3 nitrogen and oxygen atoms in total. The number of benzene rings is 2. The number of hydrogen-bond acceptors (Lipinski definition) is 3. The molecule has 0 aromatic heterocycles. The Balaban J connectivity index is 1.76. The lowest BCUT2D eigenvalue weighted by molar-refractivity contribution is 0.170. The molecule has 20 heavy (non-hydrogen) atoms. The van der Waals surface area contributed by atoms with Crippen molar-refractivity contribution in [1.82, 2.24) is 0 Å². The highest BCUT2D eigenvalue weighted by Crippen LogP contribution is 2.34. The van der Waals surface area contributed by atoms with Crippen molar-refractivity contribution >= 4 is 21.6 Å². The third-order valence-electron chi connectivity index (χ3n) is 3.30. The van der Waals surface area contributed by atoms with Crippen LogP contribution in [0.5, 0.6) is 11.5 Å². The predicted octanol–water partition coefficient (Wildman–Crippen LogP) is 4.14. The van der Waals surface area contributed by atoms with Crippen molar-refractivity contribution in [3.05, 3.63) is 52.0 Å². The van der Waals surface area contributed by atoms with Crippen LogP contribution in [0.15, 0.2) is 40.9 Å². The van der Waals surface area contributed by atoms with Gasteiger partial charge in [0.15, 0.2) is 11.5 Å². The highest BCUT2D eigenvalue weighted by atomic mass is 79.9. The van der Waals surface area contributed by atoms with E-state index in [1.165, 1.54) is 5.56 Å². The van der Waals surface area contributed by atoms with Crippen molar-refractivity contribution in [1.29, 1.82) is 0 Å². The first-order valence-corrected chi connectivity index (χ1v) is 7.41. The molecule has 104 valence electrons. The molecule has 0 amide bonds. The van der Waals surface area contributed by atoms with Gasteiger partial charge in [0.1, 0.15) is 13.2 Å². The zero-order valence-electron chi connectivity index (χ0n) is 11.3. The standard InChI is InChI=1S/C16H16BrNO2/c1-11-5-6-13(9-14(11)17)18-10-12-3-2-4-15-16(12)20-8-7-19-15/h2-6,9,18H,7-8,10H2,1H3. The minimum absolute atomic E-state index is 0.611. The second kappa shape index (κ2) is 5.75. The molecular formula is C16H16BrNO2. The van der Waals surface area contributed by atoms with Crippen LogP contribution in [-0.4, -0.2) is 13.2 Å². The normalized spacial score (nSPS) is 13.1. The summed E-state index contributed by atoms with van der Waals surface area (Å²) in [6.45, 7) is 4.02. The maximum Gasteiger partial charge on any atom is 0.166 e. The summed E-state index contributed by atoms with van der Waals surface area (Å²) in [6.07, 6.45) is 0. The molecule has 2 aromatic carbocycles. The van der Waals surface area contributed by atoms with Gasteiger partial charge in [-0.3, -0.25) is 0 Å². The quantitative estimate of drug-likeness (QED) is 0.915. The van der Waals surface area contributed by atoms with E-state index in [4.69, 9.17) is 9.47 Å². The van der Waals surface area contributed by atoms with Crippen molar-refractivity contribution in [2.45, 2.75) is 13.5 Å². The van der Waals surface area contributed by atoms with Crippen molar-refractivity contribution in [3.63, 3.8) is 0 Å². The van der Waals surface area contributed by atoms with Gasteiger partial charge < -0.3 is 14.8 Å². The van der Waals surface area contributed by atoms with Gasteiger partial charge in [0.05, 0.1) is 0 Å². The third kappa shape index (κ3) is 2.75. The fourth-order valence-corrected chi connectivity index (χ4v) is 2.55. The minimum atomic E-state index is 0.611. The van der Waals surface area contributed by atoms with E-state index in [9.17, 15) is 0 Å². The molecule has 0 saturated carbocycles. The summed E-state index contributed by atoms with van der Waals surface area (Å²) in [4.78, 5) is 0. The number of para-hydroxylation sites is 1. The molecule has 0 radical (unpaired) electrons. The smallest absolute Gasteiger partial charge is 0.166 e. The number of rotatable bonds is 3. The zero-order chi connectivity index (χ0) is 13.9. The van der Waals surface area contributed by atoms with Crippen LogP contribution in [-0.2, 0) is 6.54 Å². The summed E-state index contributed by atoms with van der Waals surface area (Å²) >= 11 is 3.55. The van der Waals surface area contributed by atoms with Crippen molar-refractivity contribution in [2.75, 3.05) is 18.5 Å². The number of fused-ring (bicyclic) bond motifs is 1. The molecule has 0 aliphatic carbocycles. The van der Waals surface area contributed by atoms with Crippen LogP contribution in [0, 0.1) is 6.92 Å². The molecule has 3 rings (SSSR count). The van der Waals surface area contributed by atoms with Gasteiger partial charge in [0.25, 0.3) is 0 Å². The average molecular weight is 334 g/mol. The van der Waals surface area contributed by atoms with E-state index in [0.29, 0.717) is 19.8 Å². The van der Waals surface area contributed by atoms with Crippen LogP contribution in [0.25, 0.3) is 0 Å². The third-order valence-corrected chi connectivity index (χ3v) is 4.16. The van der Waals surface area contributed by atoms with Crippen molar-refractivity contribution < 1.29 is 9.47 Å². The number of halogens is 1. The number of anilines is 1. The van der Waals surface area contributed by atoms with E-state index < -0.39 is 0 Å². The van der Waals surface area contributed by atoms with Crippen molar-refractivity contribution in [2.24, 2.45) is 0 Å². The van der Waals surface area contributed by atoms with E-state index in [-0.39, 0.29) is 0 Å². The molecule has 0 spiro atoms. The van der Waals surface area contributed by atoms with Crippen LogP contribution in [0.3, 0.4) is 0 Å². The first-order valence-electron chi connectivity index (χ1n) is 6.61. The zero-order valence-corrected chi connectivity index (χ0v) is 12.9. The first kappa shape index (κ1) is 13.3. The number of nitrogens with one attached hydrogen (secondary N) is 1. The lowest BCUT2D eigenvalue weighted by Crippen LogP contribution is -2.17. The Labute approximate surface area is 127 Å². The van der Waals surface area contributed by atoms with Gasteiger partial charge in [-0.1, -0.05) is 34.1 Å². The molecule has 4 heteroatoms. The maximum absolute atomic E-state index is 5.71. The number of ether oxygens (including phenoxy) is 2. The Kier molecular flexibility index (Phi) is 3.83. The van der Waals surface area contributed by atoms with E-state index >= 15 is 0 Å². The Morgan fingerprint density at radius 3 is 2.85 bits per heavy atom. The molecule has 0 atom stereocenters. The molecule has 0 unspecified atom stereocenters. The van der Waals surface area contributed by atoms with E-state index in [2.05, 4.69) is 52.4 Å². The summed E-state index contributed by atoms with van der Waals surface area (Å²) in [6, 6.07) is 12.3. The molecule has 1 heterocycles. The summed E-state index contributed by atoms with van der Waals surface area (Å²) < 4.78 is 12.4. The van der Waals surface area contributed by atoms with Gasteiger partial charge in [-0.05, 0) is 30.7 Å². The molecule has 2 aromatic rings. The Morgan fingerprint density at radius 2 is 2.00 bits per heavy atom. The molecule has 1 aliphatic heterocycles. The molecule has 0 saturated heterocycles.